The summed E-state index contributed by atoms with van der Waals surface area (Å²) >= 11 is 0. The monoisotopic (exact) mass is 265 g/mol. The molecule has 1 atom stereocenters. The van der Waals surface area contributed by atoms with Gasteiger partial charge in [-0.1, -0.05) is 13.8 Å². The summed E-state index contributed by atoms with van der Waals surface area (Å²) in [5.74, 6) is -0.0203. The van der Waals surface area contributed by atoms with Crippen molar-refractivity contribution < 1.29 is 9.53 Å². The van der Waals surface area contributed by atoms with Gasteiger partial charge in [0.05, 0.1) is 24.8 Å². The summed E-state index contributed by atoms with van der Waals surface area (Å²) in [5, 5.41) is 9.24. The molecule has 0 aromatic rings. The SMILES string of the molecule is CC(C)C(=O)N(C)[C@@H](C#N)CCN1CCC12COC2. The molecule has 1 spiro atoms. The van der Waals surface area contributed by atoms with Gasteiger partial charge in [-0.25, -0.2) is 0 Å². The maximum Gasteiger partial charge on any atom is 0.225 e. The first-order chi connectivity index (χ1) is 9.00. The highest BCUT2D eigenvalue weighted by atomic mass is 16.5. The summed E-state index contributed by atoms with van der Waals surface area (Å²) in [6.45, 7) is 7.34. The topological polar surface area (TPSA) is 56.6 Å². The highest BCUT2D eigenvalue weighted by molar-refractivity contribution is 5.78. The van der Waals surface area contributed by atoms with E-state index in [0.29, 0.717) is 6.42 Å². The molecule has 106 valence electrons. The molecular weight excluding hydrogens is 242 g/mol. The van der Waals surface area contributed by atoms with Gasteiger partial charge in [-0.15, -0.1) is 0 Å². The van der Waals surface area contributed by atoms with Crippen LogP contribution in [0.25, 0.3) is 0 Å². The van der Waals surface area contributed by atoms with E-state index in [1.165, 1.54) is 6.42 Å². The van der Waals surface area contributed by atoms with Crippen molar-refractivity contribution in [2.75, 3.05) is 33.4 Å². The number of nitrogens with zero attached hydrogens (tertiary/aromatic N) is 3. The number of hydrogen-bond donors (Lipinski definition) is 0. The zero-order chi connectivity index (χ0) is 14.0. The number of hydrogen-bond acceptors (Lipinski definition) is 4. The average molecular weight is 265 g/mol. The fraction of sp³-hybridized carbons (Fsp3) is 0.857. The van der Waals surface area contributed by atoms with Gasteiger partial charge in [0.2, 0.25) is 5.91 Å². The number of nitriles is 1. The third-order valence-corrected chi connectivity index (χ3v) is 4.39. The van der Waals surface area contributed by atoms with E-state index in [1.54, 1.807) is 11.9 Å². The maximum absolute atomic E-state index is 11.9. The number of carbonyl (C=O) groups is 1. The van der Waals surface area contributed by atoms with Gasteiger partial charge in [0, 0.05) is 26.1 Å². The first kappa shape index (κ1) is 14.3. The zero-order valence-electron chi connectivity index (χ0n) is 12.1. The summed E-state index contributed by atoms with van der Waals surface area (Å²) in [7, 11) is 1.73. The van der Waals surface area contributed by atoms with Crippen LogP contribution in [0, 0.1) is 17.2 Å². The van der Waals surface area contributed by atoms with Crippen molar-refractivity contribution in [3.05, 3.63) is 0 Å². The second-order valence-corrected chi connectivity index (χ2v) is 5.99. The van der Waals surface area contributed by atoms with Crippen molar-refractivity contribution in [1.82, 2.24) is 9.80 Å². The van der Waals surface area contributed by atoms with Gasteiger partial charge in [0.15, 0.2) is 0 Å². The summed E-state index contributed by atoms with van der Waals surface area (Å²) in [4.78, 5) is 15.9. The van der Waals surface area contributed by atoms with Gasteiger partial charge in [0.25, 0.3) is 0 Å². The van der Waals surface area contributed by atoms with Crippen LogP contribution in [0.1, 0.15) is 26.7 Å². The van der Waals surface area contributed by atoms with Gasteiger partial charge in [-0.05, 0) is 12.8 Å². The van der Waals surface area contributed by atoms with E-state index >= 15 is 0 Å². The minimum Gasteiger partial charge on any atom is -0.377 e. The Morgan fingerprint density at radius 2 is 2.21 bits per heavy atom. The van der Waals surface area contributed by atoms with E-state index < -0.39 is 0 Å². The normalized spacial score (nSPS) is 22.5. The fourth-order valence-electron chi connectivity index (χ4n) is 2.78. The van der Waals surface area contributed by atoms with Gasteiger partial charge >= 0.3 is 0 Å². The molecule has 0 aromatic carbocycles. The molecule has 0 saturated carbocycles. The Kier molecular flexibility index (Phi) is 4.12. The van der Waals surface area contributed by atoms with Crippen molar-refractivity contribution in [1.29, 1.82) is 5.26 Å². The number of carbonyl (C=O) groups excluding carboxylic acids is 1. The quantitative estimate of drug-likeness (QED) is 0.740. The molecule has 2 heterocycles. The van der Waals surface area contributed by atoms with E-state index in [0.717, 1.165) is 26.3 Å². The summed E-state index contributed by atoms with van der Waals surface area (Å²) in [5.41, 5.74) is 0.265. The smallest absolute Gasteiger partial charge is 0.225 e. The molecule has 2 fully saturated rings. The molecule has 0 radical (unpaired) electrons. The van der Waals surface area contributed by atoms with Crippen molar-refractivity contribution in [2.45, 2.75) is 38.3 Å². The van der Waals surface area contributed by atoms with E-state index in [9.17, 15) is 10.1 Å². The van der Waals surface area contributed by atoms with E-state index in [2.05, 4.69) is 11.0 Å². The standard InChI is InChI=1S/C14H23N3O2/c1-11(2)13(18)16(3)12(8-15)4-6-17-7-5-14(17)9-19-10-14/h11-12H,4-7,9-10H2,1-3H3/t12-/m1/s1. The van der Waals surface area contributed by atoms with Crippen LogP contribution in [0.2, 0.25) is 0 Å². The molecule has 0 aliphatic carbocycles. The molecule has 1 amide bonds. The van der Waals surface area contributed by atoms with Crippen LogP contribution in [-0.2, 0) is 9.53 Å². The van der Waals surface area contributed by atoms with Gasteiger partial charge in [0.1, 0.15) is 6.04 Å². The average Bonchev–Trinajstić information content (AvgIpc) is 2.29. The molecule has 5 heteroatoms. The van der Waals surface area contributed by atoms with Crippen LogP contribution in [0.5, 0.6) is 0 Å². The first-order valence-corrected chi connectivity index (χ1v) is 6.99. The van der Waals surface area contributed by atoms with Gasteiger partial charge in [-0.2, -0.15) is 5.26 Å². The molecular formula is C14H23N3O2. The lowest BCUT2D eigenvalue weighted by Crippen LogP contribution is -2.70. The predicted molar refractivity (Wildman–Crippen MR) is 71.4 cm³/mol. The van der Waals surface area contributed by atoms with Crippen molar-refractivity contribution >= 4 is 5.91 Å². The van der Waals surface area contributed by atoms with Crippen LogP contribution in [0.4, 0.5) is 0 Å². The van der Waals surface area contributed by atoms with Crippen molar-refractivity contribution in [3.8, 4) is 6.07 Å². The third-order valence-electron chi connectivity index (χ3n) is 4.39. The maximum atomic E-state index is 11.9. The highest BCUT2D eigenvalue weighted by Gasteiger charge is 2.50. The second kappa shape index (κ2) is 5.48. The number of ether oxygens (including phenoxy) is 1. The first-order valence-electron chi connectivity index (χ1n) is 6.99. The van der Waals surface area contributed by atoms with Crippen LogP contribution in [0.3, 0.4) is 0 Å². The lowest BCUT2D eigenvalue weighted by molar-refractivity contribution is -0.192. The van der Waals surface area contributed by atoms with Crippen molar-refractivity contribution in [2.24, 2.45) is 5.92 Å². The predicted octanol–water partition coefficient (Wildman–Crippen LogP) is 0.858. The fourth-order valence-corrected chi connectivity index (χ4v) is 2.78. The Labute approximate surface area is 115 Å². The summed E-state index contributed by atoms with van der Waals surface area (Å²) in [6.07, 6.45) is 1.91. The Hall–Kier alpha value is -1.12. The van der Waals surface area contributed by atoms with Crippen LogP contribution >= 0.6 is 0 Å². The van der Waals surface area contributed by atoms with Crippen LogP contribution in [-0.4, -0.2) is 60.6 Å². The second-order valence-electron chi connectivity index (χ2n) is 5.99. The summed E-state index contributed by atoms with van der Waals surface area (Å²) in [6, 6.07) is 1.93. The van der Waals surface area contributed by atoms with Gasteiger partial charge in [-0.3, -0.25) is 9.69 Å². The van der Waals surface area contributed by atoms with Crippen molar-refractivity contribution in [3.63, 3.8) is 0 Å². The summed E-state index contributed by atoms with van der Waals surface area (Å²) < 4.78 is 5.29. The molecule has 2 rings (SSSR count). The molecule has 5 nitrogen and oxygen atoms in total. The van der Waals surface area contributed by atoms with E-state index in [4.69, 9.17) is 4.74 Å². The molecule has 0 bridgehead atoms. The highest BCUT2D eigenvalue weighted by Crippen LogP contribution is 2.37. The van der Waals surface area contributed by atoms with Crippen LogP contribution in [0.15, 0.2) is 0 Å². The Balaban J connectivity index is 1.83. The molecule has 2 saturated heterocycles. The molecule has 0 aromatic heterocycles. The molecule has 2 aliphatic heterocycles. The lowest BCUT2D eigenvalue weighted by Gasteiger charge is -2.58. The third kappa shape index (κ3) is 2.60. The Morgan fingerprint density at radius 1 is 1.53 bits per heavy atom. The molecule has 0 N–H and O–H groups in total. The zero-order valence-corrected chi connectivity index (χ0v) is 12.1. The molecule has 2 aliphatic rings. The largest absolute Gasteiger partial charge is 0.377 e. The Morgan fingerprint density at radius 3 is 2.58 bits per heavy atom. The minimum absolute atomic E-state index is 0.0388. The van der Waals surface area contributed by atoms with E-state index in [1.807, 2.05) is 13.8 Å². The number of likely N-dealkylation sites (tertiary alicyclic amines) is 1. The molecule has 0 unspecified atom stereocenters. The Bertz CT molecular complexity index is 379. The number of rotatable bonds is 5. The molecule has 19 heavy (non-hydrogen) atoms. The minimum atomic E-state index is -0.325. The van der Waals surface area contributed by atoms with Gasteiger partial charge < -0.3 is 9.64 Å². The van der Waals surface area contributed by atoms with Crippen LogP contribution < -0.4 is 0 Å². The lowest BCUT2D eigenvalue weighted by atomic mass is 9.82. The number of amides is 1. The van der Waals surface area contributed by atoms with E-state index in [-0.39, 0.29) is 23.4 Å².